The number of rotatable bonds is 1. The largest absolute Gasteiger partial charge is 0.356 e. The van der Waals surface area contributed by atoms with E-state index in [-0.39, 0.29) is 6.23 Å². The van der Waals surface area contributed by atoms with Gasteiger partial charge in [0.1, 0.15) is 5.52 Å². The highest BCUT2D eigenvalue weighted by atomic mass is 35.5. The third-order valence-corrected chi connectivity index (χ3v) is 3.66. The summed E-state index contributed by atoms with van der Waals surface area (Å²) in [6, 6.07) is 3.52. The van der Waals surface area contributed by atoms with E-state index < -0.39 is 0 Å². The summed E-state index contributed by atoms with van der Waals surface area (Å²) in [7, 11) is 0. The van der Waals surface area contributed by atoms with Crippen molar-refractivity contribution < 1.29 is 4.74 Å². The molecule has 1 aliphatic rings. The highest BCUT2D eigenvalue weighted by Gasteiger charge is 2.19. The Bertz CT molecular complexity index is 549. The summed E-state index contributed by atoms with van der Waals surface area (Å²) in [5, 5.41) is 9.22. The summed E-state index contributed by atoms with van der Waals surface area (Å²) in [6.07, 6.45) is 3.17. The Labute approximate surface area is 108 Å². The van der Waals surface area contributed by atoms with Gasteiger partial charge in [0.05, 0.1) is 15.6 Å². The van der Waals surface area contributed by atoms with Crippen LogP contribution in [0.3, 0.4) is 0 Å². The molecular formula is C11H11Cl2N3O. The van der Waals surface area contributed by atoms with Gasteiger partial charge in [-0.2, -0.15) is 0 Å². The van der Waals surface area contributed by atoms with Crippen LogP contribution >= 0.6 is 23.2 Å². The molecule has 3 rings (SSSR count). The number of nitrogens with zero attached hydrogens (tertiary/aromatic N) is 3. The molecule has 17 heavy (non-hydrogen) atoms. The molecule has 4 nitrogen and oxygen atoms in total. The Balaban J connectivity index is 2.07. The van der Waals surface area contributed by atoms with Crippen LogP contribution in [0.25, 0.3) is 11.0 Å². The number of benzene rings is 1. The number of aromatic nitrogens is 3. The average molecular weight is 272 g/mol. The van der Waals surface area contributed by atoms with Crippen molar-refractivity contribution in [3.8, 4) is 0 Å². The lowest BCUT2D eigenvalue weighted by atomic mass is 10.2. The van der Waals surface area contributed by atoms with Crippen molar-refractivity contribution in [3.05, 3.63) is 22.2 Å². The molecule has 1 aromatic heterocycles. The molecule has 1 fully saturated rings. The van der Waals surface area contributed by atoms with Crippen LogP contribution in [0.5, 0.6) is 0 Å². The Hall–Kier alpha value is -0.840. The maximum Gasteiger partial charge on any atom is 0.152 e. The maximum absolute atomic E-state index is 6.01. The fourth-order valence-corrected chi connectivity index (χ4v) is 2.38. The molecule has 0 spiro atoms. The average Bonchev–Trinajstić information content (AvgIpc) is 2.74. The van der Waals surface area contributed by atoms with E-state index in [0.29, 0.717) is 10.0 Å². The van der Waals surface area contributed by atoms with Crippen LogP contribution in [0, 0.1) is 0 Å². The highest BCUT2D eigenvalue weighted by molar-refractivity contribution is 6.42. The second-order valence-corrected chi connectivity index (χ2v) is 4.92. The van der Waals surface area contributed by atoms with Gasteiger partial charge in [0, 0.05) is 6.61 Å². The van der Waals surface area contributed by atoms with Crippen LogP contribution < -0.4 is 0 Å². The molecule has 0 aliphatic carbocycles. The zero-order valence-corrected chi connectivity index (χ0v) is 10.6. The van der Waals surface area contributed by atoms with E-state index in [2.05, 4.69) is 10.3 Å². The Morgan fingerprint density at radius 1 is 1.24 bits per heavy atom. The summed E-state index contributed by atoms with van der Waals surface area (Å²) in [5.41, 5.74) is 1.61. The van der Waals surface area contributed by atoms with Gasteiger partial charge in [-0.05, 0) is 31.4 Å². The van der Waals surface area contributed by atoms with Gasteiger partial charge in [-0.15, -0.1) is 5.10 Å². The van der Waals surface area contributed by atoms with Gasteiger partial charge in [0.2, 0.25) is 0 Å². The van der Waals surface area contributed by atoms with Gasteiger partial charge in [0.15, 0.2) is 6.23 Å². The Morgan fingerprint density at radius 2 is 2.06 bits per heavy atom. The van der Waals surface area contributed by atoms with Gasteiger partial charge in [-0.3, -0.25) is 0 Å². The van der Waals surface area contributed by atoms with Crippen molar-refractivity contribution in [2.75, 3.05) is 6.61 Å². The van der Waals surface area contributed by atoms with Crippen LogP contribution in [0.4, 0.5) is 0 Å². The first-order valence-corrected chi connectivity index (χ1v) is 6.33. The second-order valence-electron chi connectivity index (χ2n) is 4.11. The summed E-state index contributed by atoms with van der Waals surface area (Å²) >= 11 is 12.0. The monoisotopic (exact) mass is 271 g/mol. The van der Waals surface area contributed by atoms with Crippen LogP contribution in [0.2, 0.25) is 10.0 Å². The molecule has 2 aromatic rings. The molecule has 1 aliphatic heterocycles. The molecule has 0 N–H and O–H groups in total. The molecule has 1 aromatic carbocycles. The smallest absolute Gasteiger partial charge is 0.152 e. The molecule has 0 saturated carbocycles. The zero-order chi connectivity index (χ0) is 11.8. The Kier molecular flexibility index (Phi) is 2.94. The maximum atomic E-state index is 6.01. The molecule has 6 heteroatoms. The first-order valence-electron chi connectivity index (χ1n) is 5.57. The lowest BCUT2D eigenvalue weighted by Crippen LogP contribution is -2.19. The fourth-order valence-electron chi connectivity index (χ4n) is 2.06. The lowest BCUT2D eigenvalue weighted by molar-refractivity contribution is -0.0377. The minimum Gasteiger partial charge on any atom is -0.356 e. The molecular weight excluding hydrogens is 261 g/mol. The number of halogens is 2. The second kappa shape index (κ2) is 4.44. The standard InChI is InChI=1S/C11H11Cl2N3O/c12-7-5-9-10(6-8(7)13)16(15-14-9)11-3-1-2-4-17-11/h5-6,11H,1-4H2. The predicted octanol–water partition coefficient (Wildman–Crippen LogP) is 3.44. The third-order valence-electron chi connectivity index (χ3n) is 2.94. The van der Waals surface area contributed by atoms with Gasteiger partial charge in [-0.1, -0.05) is 28.4 Å². The minimum absolute atomic E-state index is 0.0361. The normalized spacial score (nSPS) is 20.9. The first kappa shape index (κ1) is 11.3. The fraction of sp³-hybridized carbons (Fsp3) is 0.455. The molecule has 1 saturated heterocycles. The summed E-state index contributed by atoms with van der Waals surface area (Å²) < 4.78 is 7.47. The quantitative estimate of drug-likeness (QED) is 0.798. The van der Waals surface area contributed by atoms with E-state index in [1.165, 1.54) is 0 Å². The summed E-state index contributed by atoms with van der Waals surface area (Å²) in [5.74, 6) is 0. The van der Waals surface area contributed by atoms with Crippen molar-refractivity contribution in [1.29, 1.82) is 0 Å². The number of hydrogen-bond donors (Lipinski definition) is 0. The zero-order valence-electron chi connectivity index (χ0n) is 9.07. The van der Waals surface area contributed by atoms with Crippen LogP contribution in [-0.4, -0.2) is 21.6 Å². The first-order chi connectivity index (χ1) is 8.25. The molecule has 90 valence electrons. The van der Waals surface area contributed by atoms with E-state index in [1.54, 1.807) is 16.8 Å². The molecule has 1 atom stereocenters. The van der Waals surface area contributed by atoms with Gasteiger partial charge >= 0.3 is 0 Å². The van der Waals surface area contributed by atoms with E-state index in [4.69, 9.17) is 27.9 Å². The van der Waals surface area contributed by atoms with Crippen molar-refractivity contribution >= 4 is 34.2 Å². The molecule has 0 bridgehead atoms. The summed E-state index contributed by atoms with van der Waals surface area (Å²) in [6.45, 7) is 0.771. The highest BCUT2D eigenvalue weighted by Crippen LogP contribution is 2.30. The van der Waals surface area contributed by atoms with Gasteiger partial charge in [-0.25, -0.2) is 4.68 Å². The van der Waals surface area contributed by atoms with E-state index in [1.807, 2.05) is 0 Å². The number of fused-ring (bicyclic) bond motifs is 1. The SMILES string of the molecule is Clc1cc2nnn(C3CCCCO3)c2cc1Cl. The molecule has 0 radical (unpaired) electrons. The van der Waals surface area contributed by atoms with Crippen LogP contribution in [0.1, 0.15) is 25.5 Å². The third kappa shape index (κ3) is 2.01. The van der Waals surface area contributed by atoms with Crippen molar-refractivity contribution in [2.45, 2.75) is 25.5 Å². The van der Waals surface area contributed by atoms with Crippen molar-refractivity contribution in [2.24, 2.45) is 0 Å². The van der Waals surface area contributed by atoms with E-state index in [9.17, 15) is 0 Å². The van der Waals surface area contributed by atoms with Crippen molar-refractivity contribution in [1.82, 2.24) is 15.0 Å². The van der Waals surface area contributed by atoms with E-state index >= 15 is 0 Å². The van der Waals surface area contributed by atoms with Crippen LogP contribution in [-0.2, 0) is 4.74 Å². The minimum atomic E-state index is -0.0361. The Morgan fingerprint density at radius 3 is 2.82 bits per heavy atom. The summed E-state index contributed by atoms with van der Waals surface area (Å²) in [4.78, 5) is 0. The number of ether oxygens (including phenoxy) is 1. The molecule has 0 amide bonds. The molecule has 2 heterocycles. The lowest BCUT2D eigenvalue weighted by Gasteiger charge is -2.22. The van der Waals surface area contributed by atoms with Gasteiger partial charge in [0.25, 0.3) is 0 Å². The predicted molar refractivity (Wildman–Crippen MR) is 66.4 cm³/mol. The topological polar surface area (TPSA) is 39.9 Å². The van der Waals surface area contributed by atoms with E-state index in [0.717, 1.165) is 36.9 Å². The van der Waals surface area contributed by atoms with Crippen molar-refractivity contribution in [3.63, 3.8) is 0 Å². The van der Waals surface area contributed by atoms with Gasteiger partial charge < -0.3 is 4.74 Å². The molecule has 1 unspecified atom stereocenters. The van der Waals surface area contributed by atoms with Crippen LogP contribution in [0.15, 0.2) is 12.1 Å². The number of hydrogen-bond acceptors (Lipinski definition) is 3.